The van der Waals surface area contributed by atoms with Gasteiger partial charge in [-0.15, -0.1) is 0 Å². The molecule has 2 aromatic carbocycles. The van der Waals surface area contributed by atoms with E-state index in [4.69, 9.17) is 5.73 Å². The number of aromatic nitrogens is 2. The van der Waals surface area contributed by atoms with Gasteiger partial charge in [-0.2, -0.15) is 0 Å². The van der Waals surface area contributed by atoms with E-state index in [-0.39, 0.29) is 5.91 Å². The highest BCUT2D eigenvalue weighted by molar-refractivity contribution is 5.95. The fourth-order valence-corrected chi connectivity index (χ4v) is 2.49. The molecule has 0 unspecified atom stereocenters. The standard InChI is InChI=1S/C20H22N6O/c1-12-5-8-15(9-6-12)20(27)26-25-19-17(21)18(22-11-23-19)24-16-10-13(2)4-7-14(16)3/h4-11H,21H2,1-3H3,(H,26,27)(H2,22,23,24,25). The minimum absolute atomic E-state index is 0.281. The SMILES string of the molecule is Cc1ccc(C(=O)NNc2ncnc(Nc3cc(C)ccc3C)c2N)cc1. The fraction of sp³-hybridized carbons (Fsp3) is 0.150. The number of hydrazine groups is 1. The molecule has 1 heterocycles. The Morgan fingerprint density at radius 2 is 1.59 bits per heavy atom. The van der Waals surface area contributed by atoms with Gasteiger partial charge in [0.1, 0.15) is 12.0 Å². The Morgan fingerprint density at radius 3 is 2.33 bits per heavy atom. The van der Waals surface area contributed by atoms with Gasteiger partial charge in [-0.05, 0) is 50.1 Å². The van der Waals surface area contributed by atoms with Gasteiger partial charge in [-0.25, -0.2) is 9.97 Å². The van der Waals surface area contributed by atoms with Crippen LogP contribution in [0.1, 0.15) is 27.0 Å². The van der Waals surface area contributed by atoms with Gasteiger partial charge in [0.2, 0.25) is 0 Å². The number of anilines is 4. The van der Waals surface area contributed by atoms with Gasteiger partial charge < -0.3 is 11.1 Å². The second-order valence-corrected chi connectivity index (χ2v) is 6.37. The van der Waals surface area contributed by atoms with Gasteiger partial charge in [0.05, 0.1) is 0 Å². The van der Waals surface area contributed by atoms with Crippen LogP contribution < -0.4 is 21.9 Å². The third-order valence-electron chi connectivity index (χ3n) is 4.14. The Kier molecular flexibility index (Phi) is 5.21. The molecule has 0 radical (unpaired) electrons. The van der Waals surface area contributed by atoms with Crippen LogP contribution >= 0.6 is 0 Å². The van der Waals surface area contributed by atoms with Crippen molar-refractivity contribution >= 4 is 28.9 Å². The summed E-state index contributed by atoms with van der Waals surface area (Å²) < 4.78 is 0. The van der Waals surface area contributed by atoms with E-state index >= 15 is 0 Å². The first-order valence-corrected chi connectivity index (χ1v) is 8.52. The summed E-state index contributed by atoms with van der Waals surface area (Å²) in [6.07, 6.45) is 1.38. The third kappa shape index (κ3) is 4.33. The minimum Gasteiger partial charge on any atom is -0.393 e. The van der Waals surface area contributed by atoms with Crippen LogP contribution in [0.25, 0.3) is 0 Å². The van der Waals surface area contributed by atoms with Crippen LogP contribution in [0.3, 0.4) is 0 Å². The fourth-order valence-electron chi connectivity index (χ4n) is 2.49. The number of carbonyl (C=O) groups excluding carboxylic acids is 1. The summed E-state index contributed by atoms with van der Waals surface area (Å²) in [7, 11) is 0. The Hall–Kier alpha value is -3.61. The number of carbonyl (C=O) groups is 1. The largest absolute Gasteiger partial charge is 0.393 e. The molecule has 0 saturated heterocycles. The van der Waals surface area contributed by atoms with Crippen molar-refractivity contribution in [1.82, 2.24) is 15.4 Å². The van der Waals surface area contributed by atoms with Crippen molar-refractivity contribution in [2.24, 2.45) is 0 Å². The van der Waals surface area contributed by atoms with E-state index in [0.717, 1.165) is 22.4 Å². The topological polar surface area (TPSA) is 105 Å². The van der Waals surface area contributed by atoms with Crippen molar-refractivity contribution in [2.75, 3.05) is 16.5 Å². The maximum absolute atomic E-state index is 12.2. The number of nitrogens with two attached hydrogens (primary N) is 1. The number of nitrogens with zero attached hydrogens (tertiary/aromatic N) is 2. The maximum atomic E-state index is 12.2. The summed E-state index contributed by atoms with van der Waals surface area (Å²) in [5.41, 5.74) is 16.6. The number of benzene rings is 2. The van der Waals surface area contributed by atoms with E-state index in [0.29, 0.717) is 22.9 Å². The van der Waals surface area contributed by atoms with Gasteiger partial charge in [0.15, 0.2) is 11.6 Å². The molecule has 1 aromatic heterocycles. The lowest BCUT2D eigenvalue weighted by atomic mass is 10.1. The zero-order valence-corrected chi connectivity index (χ0v) is 15.5. The van der Waals surface area contributed by atoms with Gasteiger partial charge in [-0.3, -0.25) is 15.6 Å². The summed E-state index contributed by atoms with van der Waals surface area (Å²) in [4.78, 5) is 20.5. The first-order valence-electron chi connectivity index (χ1n) is 8.52. The molecule has 0 spiro atoms. The molecule has 3 aromatic rings. The molecule has 1 amide bonds. The second kappa shape index (κ2) is 7.74. The Bertz CT molecular complexity index is 969. The molecular formula is C20H22N6O. The average Bonchev–Trinajstić information content (AvgIpc) is 2.65. The molecule has 27 heavy (non-hydrogen) atoms. The monoisotopic (exact) mass is 362 g/mol. The molecule has 0 aliphatic carbocycles. The van der Waals surface area contributed by atoms with E-state index in [2.05, 4.69) is 26.1 Å². The summed E-state index contributed by atoms with van der Waals surface area (Å²) in [6.45, 7) is 5.98. The molecule has 3 rings (SSSR count). The predicted octanol–water partition coefficient (Wildman–Crippen LogP) is 3.48. The van der Waals surface area contributed by atoms with Crippen molar-refractivity contribution in [3.63, 3.8) is 0 Å². The number of nitrogen functional groups attached to an aromatic ring is 1. The highest BCUT2D eigenvalue weighted by Crippen LogP contribution is 2.27. The molecule has 7 nitrogen and oxygen atoms in total. The highest BCUT2D eigenvalue weighted by Gasteiger charge is 2.11. The van der Waals surface area contributed by atoms with Crippen LogP contribution in [0.4, 0.5) is 23.0 Å². The smallest absolute Gasteiger partial charge is 0.269 e. The van der Waals surface area contributed by atoms with Crippen molar-refractivity contribution in [3.05, 3.63) is 71.0 Å². The van der Waals surface area contributed by atoms with E-state index < -0.39 is 0 Å². The number of hydrogen-bond donors (Lipinski definition) is 4. The van der Waals surface area contributed by atoms with Gasteiger partial charge in [0, 0.05) is 11.3 Å². The Labute approximate surface area is 158 Å². The third-order valence-corrected chi connectivity index (χ3v) is 4.14. The zero-order chi connectivity index (χ0) is 19.4. The lowest BCUT2D eigenvalue weighted by molar-refractivity contribution is 0.0962. The molecule has 0 saturated carbocycles. The van der Waals surface area contributed by atoms with E-state index in [9.17, 15) is 4.79 Å². The summed E-state index contributed by atoms with van der Waals surface area (Å²) in [6, 6.07) is 13.3. The summed E-state index contributed by atoms with van der Waals surface area (Å²) in [5.74, 6) is 0.501. The molecule has 0 atom stereocenters. The van der Waals surface area contributed by atoms with Gasteiger partial charge in [0.25, 0.3) is 5.91 Å². The number of rotatable bonds is 5. The summed E-state index contributed by atoms with van der Waals surface area (Å²) in [5, 5.41) is 3.22. The van der Waals surface area contributed by atoms with Crippen molar-refractivity contribution in [3.8, 4) is 0 Å². The van der Waals surface area contributed by atoms with Crippen LogP contribution in [0.15, 0.2) is 48.8 Å². The first kappa shape index (κ1) is 18.2. The van der Waals surface area contributed by atoms with Crippen LogP contribution in [0.2, 0.25) is 0 Å². The van der Waals surface area contributed by atoms with Crippen LogP contribution in [0.5, 0.6) is 0 Å². The number of nitrogens with one attached hydrogen (secondary N) is 3. The van der Waals surface area contributed by atoms with Gasteiger partial charge >= 0.3 is 0 Å². The lowest BCUT2D eigenvalue weighted by Gasteiger charge is -2.14. The van der Waals surface area contributed by atoms with Crippen molar-refractivity contribution in [2.45, 2.75) is 20.8 Å². The Balaban J connectivity index is 1.74. The summed E-state index contributed by atoms with van der Waals surface area (Å²) >= 11 is 0. The van der Waals surface area contributed by atoms with Crippen LogP contribution in [-0.2, 0) is 0 Å². The number of aryl methyl sites for hydroxylation is 3. The molecule has 0 bridgehead atoms. The molecular weight excluding hydrogens is 340 g/mol. The lowest BCUT2D eigenvalue weighted by Crippen LogP contribution is -2.30. The molecule has 0 aliphatic heterocycles. The number of amides is 1. The van der Waals surface area contributed by atoms with Crippen molar-refractivity contribution in [1.29, 1.82) is 0 Å². The molecule has 138 valence electrons. The Morgan fingerprint density at radius 1 is 0.926 bits per heavy atom. The quantitative estimate of drug-likeness (QED) is 0.518. The zero-order valence-electron chi connectivity index (χ0n) is 15.5. The normalized spacial score (nSPS) is 10.3. The van der Waals surface area contributed by atoms with Crippen LogP contribution in [-0.4, -0.2) is 15.9 Å². The molecule has 5 N–H and O–H groups in total. The first-order chi connectivity index (χ1) is 12.9. The van der Waals surface area contributed by atoms with E-state index in [1.54, 1.807) is 12.1 Å². The highest BCUT2D eigenvalue weighted by atomic mass is 16.2. The van der Waals surface area contributed by atoms with E-state index in [1.165, 1.54) is 6.33 Å². The van der Waals surface area contributed by atoms with Gasteiger partial charge in [-0.1, -0.05) is 29.8 Å². The molecule has 0 fully saturated rings. The number of hydrogen-bond acceptors (Lipinski definition) is 6. The van der Waals surface area contributed by atoms with Crippen molar-refractivity contribution < 1.29 is 4.79 Å². The van der Waals surface area contributed by atoms with E-state index in [1.807, 2.05) is 51.1 Å². The maximum Gasteiger partial charge on any atom is 0.269 e. The minimum atomic E-state index is -0.281. The predicted molar refractivity (Wildman–Crippen MR) is 108 cm³/mol. The molecule has 7 heteroatoms. The average molecular weight is 362 g/mol. The van der Waals surface area contributed by atoms with Crippen LogP contribution in [0, 0.1) is 20.8 Å². The second-order valence-electron chi connectivity index (χ2n) is 6.37. The molecule has 0 aliphatic rings.